The van der Waals surface area contributed by atoms with Crippen LogP contribution in [-0.4, -0.2) is 23.1 Å². The molecule has 1 heterocycles. The van der Waals surface area contributed by atoms with Crippen LogP contribution in [0, 0.1) is 0 Å². The predicted molar refractivity (Wildman–Crippen MR) is 81.0 cm³/mol. The molecule has 0 N–H and O–H groups in total. The predicted octanol–water partition coefficient (Wildman–Crippen LogP) is 4.41. The Kier molecular flexibility index (Phi) is 5.03. The minimum atomic E-state index is 0.344. The van der Waals surface area contributed by atoms with E-state index in [9.17, 15) is 0 Å². The highest BCUT2D eigenvalue weighted by Gasteiger charge is 2.23. The highest BCUT2D eigenvalue weighted by molar-refractivity contribution is 6.30. The van der Waals surface area contributed by atoms with Gasteiger partial charge in [-0.2, -0.15) is 0 Å². The summed E-state index contributed by atoms with van der Waals surface area (Å²) in [4.78, 5) is 11.0. The Labute approximate surface area is 121 Å². The monoisotopic (exact) mass is 281 g/mol. The van der Waals surface area contributed by atoms with Crippen molar-refractivity contribution in [1.82, 2.24) is 9.97 Å². The van der Waals surface area contributed by atoms with Crippen LogP contribution in [0.2, 0.25) is 5.15 Å². The second-order valence-electron chi connectivity index (χ2n) is 5.81. The summed E-state index contributed by atoms with van der Waals surface area (Å²) in [5.41, 5.74) is 1.08. The van der Waals surface area contributed by atoms with Gasteiger partial charge in [-0.15, -0.1) is 0 Å². The van der Waals surface area contributed by atoms with Crippen LogP contribution in [0.5, 0.6) is 0 Å². The molecule has 3 nitrogen and oxygen atoms in total. The summed E-state index contributed by atoms with van der Waals surface area (Å²) < 4.78 is 0. The summed E-state index contributed by atoms with van der Waals surface area (Å²) in [6, 6.07) is 0.589. The van der Waals surface area contributed by atoms with Gasteiger partial charge in [0.2, 0.25) is 0 Å². The van der Waals surface area contributed by atoms with E-state index in [0.717, 1.165) is 11.4 Å². The first-order chi connectivity index (χ1) is 9.11. The number of hydrogen-bond acceptors (Lipinski definition) is 3. The topological polar surface area (TPSA) is 29.0 Å². The van der Waals surface area contributed by atoms with E-state index < -0.39 is 0 Å². The average Bonchev–Trinajstić information content (AvgIpc) is 2.66. The SMILES string of the molecule is CC(C)c1c(Cl)ncnc1N(C)C1CCCCCC1. The fourth-order valence-electron chi connectivity index (χ4n) is 2.96. The van der Waals surface area contributed by atoms with Gasteiger partial charge < -0.3 is 4.90 Å². The van der Waals surface area contributed by atoms with E-state index in [0.29, 0.717) is 17.1 Å². The highest BCUT2D eigenvalue weighted by atomic mass is 35.5. The Morgan fingerprint density at radius 3 is 2.37 bits per heavy atom. The van der Waals surface area contributed by atoms with Crippen molar-refractivity contribution in [3.8, 4) is 0 Å². The minimum Gasteiger partial charge on any atom is -0.356 e. The van der Waals surface area contributed by atoms with Gasteiger partial charge in [0.15, 0.2) is 0 Å². The summed E-state index contributed by atoms with van der Waals surface area (Å²) in [5, 5.41) is 0.598. The largest absolute Gasteiger partial charge is 0.356 e. The van der Waals surface area contributed by atoms with Gasteiger partial charge in [0.25, 0.3) is 0 Å². The number of halogens is 1. The Bertz CT molecular complexity index is 412. The standard InChI is InChI=1S/C15H24ClN3/c1-11(2)13-14(16)17-10-18-15(13)19(3)12-8-6-4-5-7-9-12/h10-12H,4-9H2,1-3H3. The van der Waals surface area contributed by atoms with Gasteiger partial charge in [0.05, 0.1) is 0 Å². The second kappa shape index (κ2) is 6.56. The molecular formula is C15H24ClN3. The molecule has 0 spiro atoms. The lowest BCUT2D eigenvalue weighted by Crippen LogP contribution is -2.33. The van der Waals surface area contributed by atoms with Crippen molar-refractivity contribution >= 4 is 17.4 Å². The van der Waals surface area contributed by atoms with Crippen molar-refractivity contribution in [2.24, 2.45) is 0 Å². The molecule has 0 aliphatic heterocycles. The van der Waals surface area contributed by atoms with E-state index in [1.165, 1.54) is 38.5 Å². The molecule has 1 fully saturated rings. The van der Waals surface area contributed by atoms with Crippen LogP contribution in [0.4, 0.5) is 5.82 Å². The first-order valence-electron chi connectivity index (χ1n) is 7.34. The number of hydrogen-bond donors (Lipinski definition) is 0. The van der Waals surface area contributed by atoms with Crippen molar-refractivity contribution in [3.63, 3.8) is 0 Å². The van der Waals surface area contributed by atoms with Gasteiger partial charge in [0.1, 0.15) is 17.3 Å². The summed E-state index contributed by atoms with van der Waals surface area (Å²) in [7, 11) is 2.15. The molecule has 0 radical (unpaired) electrons. The quantitative estimate of drug-likeness (QED) is 0.607. The Morgan fingerprint density at radius 1 is 1.16 bits per heavy atom. The maximum Gasteiger partial charge on any atom is 0.138 e. The Balaban J connectivity index is 2.27. The number of anilines is 1. The zero-order valence-electron chi connectivity index (χ0n) is 12.2. The van der Waals surface area contributed by atoms with Gasteiger partial charge in [-0.1, -0.05) is 51.1 Å². The molecule has 0 bridgehead atoms. The van der Waals surface area contributed by atoms with E-state index in [4.69, 9.17) is 11.6 Å². The summed E-state index contributed by atoms with van der Waals surface area (Å²) in [5.74, 6) is 1.36. The van der Waals surface area contributed by atoms with E-state index in [2.05, 4.69) is 35.8 Å². The van der Waals surface area contributed by atoms with Crippen molar-refractivity contribution in [1.29, 1.82) is 0 Å². The van der Waals surface area contributed by atoms with E-state index in [1.54, 1.807) is 6.33 Å². The molecule has 19 heavy (non-hydrogen) atoms. The van der Waals surface area contributed by atoms with Crippen LogP contribution >= 0.6 is 11.6 Å². The molecule has 0 amide bonds. The first-order valence-corrected chi connectivity index (χ1v) is 7.72. The zero-order chi connectivity index (χ0) is 13.8. The molecule has 0 atom stereocenters. The third kappa shape index (κ3) is 3.38. The van der Waals surface area contributed by atoms with Crippen molar-refractivity contribution < 1.29 is 0 Å². The third-order valence-corrected chi connectivity index (χ3v) is 4.40. The van der Waals surface area contributed by atoms with Gasteiger partial charge >= 0.3 is 0 Å². The maximum absolute atomic E-state index is 6.26. The van der Waals surface area contributed by atoms with Crippen molar-refractivity contribution in [3.05, 3.63) is 17.0 Å². The summed E-state index contributed by atoms with van der Waals surface area (Å²) in [6.07, 6.45) is 9.48. The molecule has 0 unspecified atom stereocenters. The van der Waals surface area contributed by atoms with Crippen LogP contribution in [-0.2, 0) is 0 Å². The molecule has 4 heteroatoms. The van der Waals surface area contributed by atoms with E-state index in [1.807, 2.05) is 0 Å². The lowest BCUT2D eigenvalue weighted by atomic mass is 10.0. The Morgan fingerprint density at radius 2 is 1.79 bits per heavy atom. The number of rotatable bonds is 3. The molecule has 1 aromatic rings. The fourth-order valence-corrected chi connectivity index (χ4v) is 3.31. The van der Waals surface area contributed by atoms with Gasteiger partial charge in [-0.05, 0) is 18.8 Å². The molecule has 0 aromatic carbocycles. The first kappa shape index (κ1) is 14.6. The number of aromatic nitrogens is 2. The minimum absolute atomic E-state index is 0.344. The lowest BCUT2D eigenvalue weighted by Gasteiger charge is -2.30. The molecule has 1 aliphatic carbocycles. The van der Waals surface area contributed by atoms with Crippen molar-refractivity contribution in [2.75, 3.05) is 11.9 Å². The molecule has 1 aromatic heterocycles. The van der Waals surface area contributed by atoms with Crippen LogP contribution in [0.25, 0.3) is 0 Å². The smallest absolute Gasteiger partial charge is 0.138 e. The normalized spacial score (nSPS) is 17.5. The molecule has 0 saturated heterocycles. The van der Waals surface area contributed by atoms with Gasteiger partial charge in [0, 0.05) is 18.7 Å². The van der Waals surface area contributed by atoms with E-state index in [-0.39, 0.29) is 0 Å². The van der Waals surface area contributed by atoms with Crippen molar-refractivity contribution in [2.45, 2.75) is 64.3 Å². The highest BCUT2D eigenvalue weighted by Crippen LogP contribution is 2.33. The zero-order valence-corrected chi connectivity index (χ0v) is 13.0. The van der Waals surface area contributed by atoms with Crippen LogP contribution in [0.15, 0.2) is 6.33 Å². The molecule has 2 rings (SSSR count). The lowest BCUT2D eigenvalue weighted by molar-refractivity contribution is 0.546. The molecule has 106 valence electrons. The molecule has 1 saturated carbocycles. The van der Waals surface area contributed by atoms with Gasteiger partial charge in [-0.25, -0.2) is 9.97 Å². The third-order valence-electron chi connectivity index (χ3n) is 4.10. The average molecular weight is 282 g/mol. The maximum atomic E-state index is 6.26. The van der Waals surface area contributed by atoms with Crippen LogP contribution in [0.1, 0.15) is 63.9 Å². The summed E-state index contributed by atoms with van der Waals surface area (Å²) in [6.45, 7) is 4.30. The van der Waals surface area contributed by atoms with Crippen LogP contribution in [0.3, 0.4) is 0 Å². The Hall–Kier alpha value is -0.830. The number of nitrogens with zero attached hydrogens (tertiary/aromatic N) is 3. The van der Waals surface area contributed by atoms with Gasteiger partial charge in [-0.3, -0.25) is 0 Å². The second-order valence-corrected chi connectivity index (χ2v) is 6.17. The molecule has 1 aliphatic rings. The molecular weight excluding hydrogens is 258 g/mol. The summed E-state index contributed by atoms with van der Waals surface area (Å²) >= 11 is 6.26. The van der Waals surface area contributed by atoms with E-state index >= 15 is 0 Å². The fraction of sp³-hybridized carbons (Fsp3) is 0.733. The van der Waals surface area contributed by atoms with Crippen LogP contribution < -0.4 is 4.90 Å².